The highest BCUT2D eigenvalue weighted by Gasteiger charge is 2.16. The van der Waals surface area contributed by atoms with Crippen LogP contribution < -0.4 is 10.1 Å². The molecule has 1 unspecified atom stereocenters. The Morgan fingerprint density at radius 3 is 2.52 bits per heavy atom. The number of ether oxygens (including phenoxy) is 2. The van der Waals surface area contributed by atoms with Crippen LogP contribution in [-0.2, 0) is 4.74 Å². The minimum Gasteiger partial charge on any atom is -0.478 e. The Labute approximate surface area is 162 Å². The van der Waals surface area contributed by atoms with Gasteiger partial charge in [-0.2, -0.15) is 0 Å². The van der Waals surface area contributed by atoms with Gasteiger partial charge in [0.25, 0.3) is 0 Å². The van der Waals surface area contributed by atoms with Crippen molar-refractivity contribution in [3.05, 3.63) is 41.7 Å². The zero-order valence-corrected chi connectivity index (χ0v) is 17.3. The monoisotopic (exact) mass is 369 g/mol. The SMILES string of the molecule is C=C(C)c1nc(-c2ccc(OCC)nc2C)c(C)cc1NC(CC)COC. The Morgan fingerprint density at radius 2 is 1.96 bits per heavy atom. The molecule has 5 nitrogen and oxygen atoms in total. The average Bonchev–Trinajstić information content (AvgIpc) is 2.62. The number of nitrogens with one attached hydrogen (secondary N) is 1. The lowest BCUT2D eigenvalue weighted by Crippen LogP contribution is -2.24. The summed E-state index contributed by atoms with van der Waals surface area (Å²) < 4.78 is 10.8. The molecule has 1 atom stereocenters. The Balaban J connectivity index is 2.48. The van der Waals surface area contributed by atoms with E-state index >= 15 is 0 Å². The summed E-state index contributed by atoms with van der Waals surface area (Å²) in [6.07, 6.45) is 0.964. The maximum Gasteiger partial charge on any atom is 0.213 e. The number of aromatic nitrogens is 2. The van der Waals surface area contributed by atoms with Crippen molar-refractivity contribution >= 4 is 11.3 Å². The second-order valence-electron chi connectivity index (χ2n) is 6.75. The molecule has 0 amide bonds. The molecule has 0 spiro atoms. The van der Waals surface area contributed by atoms with Crippen molar-refractivity contribution in [3.63, 3.8) is 0 Å². The largest absolute Gasteiger partial charge is 0.478 e. The highest BCUT2D eigenvalue weighted by Crippen LogP contribution is 2.31. The second-order valence-corrected chi connectivity index (χ2v) is 6.75. The molecule has 0 radical (unpaired) electrons. The van der Waals surface area contributed by atoms with Gasteiger partial charge in [-0.15, -0.1) is 0 Å². The Kier molecular flexibility index (Phi) is 7.36. The number of aryl methyl sites for hydroxylation is 2. The Bertz CT molecular complexity index is 802. The number of methoxy groups -OCH3 is 1. The van der Waals surface area contributed by atoms with E-state index in [1.54, 1.807) is 7.11 Å². The summed E-state index contributed by atoms with van der Waals surface area (Å²) in [5.41, 5.74) is 6.70. The summed E-state index contributed by atoms with van der Waals surface area (Å²) in [5.74, 6) is 0.639. The van der Waals surface area contributed by atoms with Crippen LogP contribution in [0.15, 0.2) is 24.8 Å². The molecule has 5 heteroatoms. The molecular weight excluding hydrogens is 338 g/mol. The predicted octanol–water partition coefficient (Wildman–Crippen LogP) is 5.03. The van der Waals surface area contributed by atoms with E-state index < -0.39 is 0 Å². The van der Waals surface area contributed by atoms with E-state index in [4.69, 9.17) is 14.5 Å². The third-order valence-corrected chi connectivity index (χ3v) is 4.45. The van der Waals surface area contributed by atoms with Crippen LogP contribution in [-0.4, -0.2) is 36.3 Å². The molecule has 2 aromatic heterocycles. The van der Waals surface area contributed by atoms with E-state index in [0.717, 1.165) is 45.9 Å². The van der Waals surface area contributed by atoms with Crippen LogP contribution in [0, 0.1) is 13.8 Å². The van der Waals surface area contributed by atoms with Crippen LogP contribution in [0.3, 0.4) is 0 Å². The number of hydrogen-bond acceptors (Lipinski definition) is 5. The minimum absolute atomic E-state index is 0.231. The Morgan fingerprint density at radius 1 is 1.22 bits per heavy atom. The summed E-state index contributed by atoms with van der Waals surface area (Å²) in [6, 6.07) is 6.29. The zero-order valence-electron chi connectivity index (χ0n) is 17.3. The lowest BCUT2D eigenvalue weighted by Gasteiger charge is -2.21. The molecular formula is C22H31N3O2. The van der Waals surface area contributed by atoms with Crippen molar-refractivity contribution in [1.82, 2.24) is 9.97 Å². The van der Waals surface area contributed by atoms with Crippen LogP contribution in [0.5, 0.6) is 5.88 Å². The van der Waals surface area contributed by atoms with Crippen LogP contribution >= 0.6 is 0 Å². The quantitative estimate of drug-likeness (QED) is 0.672. The van der Waals surface area contributed by atoms with Crippen LogP contribution in [0.1, 0.15) is 44.1 Å². The van der Waals surface area contributed by atoms with Crippen LogP contribution in [0.25, 0.3) is 16.8 Å². The first kappa shape index (κ1) is 20.9. The summed E-state index contributed by atoms with van der Waals surface area (Å²) in [7, 11) is 1.72. The summed E-state index contributed by atoms with van der Waals surface area (Å²) >= 11 is 0. The molecule has 0 aromatic carbocycles. The van der Waals surface area contributed by atoms with Crippen molar-refractivity contribution in [3.8, 4) is 17.1 Å². The van der Waals surface area contributed by atoms with E-state index in [1.807, 2.05) is 32.9 Å². The first-order chi connectivity index (χ1) is 12.9. The third-order valence-electron chi connectivity index (χ3n) is 4.45. The first-order valence-electron chi connectivity index (χ1n) is 9.45. The topological polar surface area (TPSA) is 56.3 Å². The number of nitrogens with zero attached hydrogens (tertiary/aromatic N) is 2. The highest BCUT2D eigenvalue weighted by atomic mass is 16.5. The molecule has 1 N–H and O–H groups in total. The average molecular weight is 370 g/mol. The van der Waals surface area contributed by atoms with Gasteiger partial charge in [0.15, 0.2) is 0 Å². The molecule has 2 heterocycles. The molecule has 2 aromatic rings. The lowest BCUT2D eigenvalue weighted by atomic mass is 10.0. The molecule has 0 bridgehead atoms. The molecule has 0 aliphatic rings. The van der Waals surface area contributed by atoms with Gasteiger partial charge in [0.05, 0.1) is 36.0 Å². The lowest BCUT2D eigenvalue weighted by molar-refractivity contribution is 0.184. The van der Waals surface area contributed by atoms with Gasteiger partial charge in [0.2, 0.25) is 5.88 Å². The second kappa shape index (κ2) is 9.51. The highest BCUT2D eigenvalue weighted by molar-refractivity contribution is 5.77. The maximum atomic E-state index is 5.50. The van der Waals surface area contributed by atoms with Crippen molar-refractivity contribution in [2.45, 2.75) is 47.1 Å². The third kappa shape index (κ3) is 5.07. The molecule has 2 rings (SSSR count). The van der Waals surface area contributed by atoms with Crippen LogP contribution in [0.4, 0.5) is 5.69 Å². The van der Waals surface area contributed by atoms with Gasteiger partial charge in [-0.1, -0.05) is 13.5 Å². The number of rotatable bonds is 9. The summed E-state index contributed by atoms with van der Waals surface area (Å²) in [5, 5.41) is 3.56. The number of anilines is 1. The van der Waals surface area contributed by atoms with Gasteiger partial charge in [-0.3, -0.25) is 0 Å². The van der Waals surface area contributed by atoms with Crippen molar-refractivity contribution in [2.75, 3.05) is 25.6 Å². The van der Waals surface area contributed by atoms with Gasteiger partial charge in [0, 0.05) is 24.8 Å². The van der Waals surface area contributed by atoms with Crippen molar-refractivity contribution < 1.29 is 9.47 Å². The van der Waals surface area contributed by atoms with Gasteiger partial charge in [-0.05, 0) is 57.4 Å². The first-order valence-corrected chi connectivity index (χ1v) is 9.45. The van der Waals surface area contributed by atoms with E-state index in [0.29, 0.717) is 19.1 Å². The molecule has 0 aliphatic carbocycles. The van der Waals surface area contributed by atoms with Gasteiger partial charge < -0.3 is 14.8 Å². The van der Waals surface area contributed by atoms with Gasteiger partial charge in [-0.25, -0.2) is 9.97 Å². The van der Waals surface area contributed by atoms with E-state index in [-0.39, 0.29) is 6.04 Å². The van der Waals surface area contributed by atoms with Gasteiger partial charge in [0.1, 0.15) is 0 Å². The van der Waals surface area contributed by atoms with E-state index in [9.17, 15) is 0 Å². The standard InChI is InChI=1S/C22H31N3O2/c1-8-17(13-26-7)24-19-12-15(5)22(25-21(19)14(3)4)18-10-11-20(27-9-2)23-16(18)6/h10-12,17,24H,3,8-9,13H2,1-2,4-7H3. The Hall–Kier alpha value is -2.40. The van der Waals surface area contributed by atoms with Crippen molar-refractivity contribution in [1.29, 1.82) is 0 Å². The maximum absolute atomic E-state index is 5.50. The van der Waals surface area contributed by atoms with Gasteiger partial charge >= 0.3 is 0 Å². The fraction of sp³-hybridized carbons (Fsp3) is 0.455. The summed E-state index contributed by atoms with van der Waals surface area (Å²) in [6.45, 7) is 15.5. The smallest absolute Gasteiger partial charge is 0.213 e. The number of hydrogen-bond donors (Lipinski definition) is 1. The van der Waals surface area contributed by atoms with E-state index in [2.05, 4.69) is 36.8 Å². The molecule has 0 aliphatic heterocycles. The van der Waals surface area contributed by atoms with Crippen LogP contribution in [0.2, 0.25) is 0 Å². The zero-order chi connectivity index (χ0) is 20.0. The number of pyridine rings is 2. The molecule has 0 fully saturated rings. The molecule has 146 valence electrons. The molecule has 0 saturated heterocycles. The van der Waals surface area contributed by atoms with Crippen molar-refractivity contribution in [2.24, 2.45) is 0 Å². The fourth-order valence-electron chi connectivity index (χ4n) is 3.02. The fourth-order valence-corrected chi connectivity index (χ4v) is 3.02. The predicted molar refractivity (Wildman–Crippen MR) is 112 cm³/mol. The molecule has 0 saturated carbocycles. The normalized spacial score (nSPS) is 11.9. The number of allylic oxidation sites excluding steroid dienone is 1. The van der Waals surface area contributed by atoms with E-state index in [1.165, 1.54) is 0 Å². The molecule has 27 heavy (non-hydrogen) atoms. The minimum atomic E-state index is 0.231. The summed E-state index contributed by atoms with van der Waals surface area (Å²) in [4.78, 5) is 9.49.